The summed E-state index contributed by atoms with van der Waals surface area (Å²) in [5.74, 6) is -0.469. The van der Waals surface area contributed by atoms with Crippen LogP contribution in [-0.4, -0.2) is 58.9 Å². The number of aliphatic hydroxyl groups is 3. The number of esters is 1. The lowest BCUT2D eigenvalue weighted by atomic mass is 10.0. The summed E-state index contributed by atoms with van der Waals surface area (Å²) in [7, 11) is 1.58. The summed E-state index contributed by atoms with van der Waals surface area (Å²) in [6.45, 7) is 1.66. The molecule has 0 aromatic rings. The van der Waals surface area contributed by atoms with Gasteiger partial charge in [0.1, 0.15) is 6.10 Å². The van der Waals surface area contributed by atoms with E-state index in [0.717, 1.165) is 0 Å². The molecular formula is C25H36O6. The van der Waals surface area contributed by atoms with Gasteiger partial charge in [0.25, 0.3) is 0 Å². The molecule has 1 aliphatic heterocycles. The minimum Gasteiger partial charge on any atom is -0.459 e. The van der Waals surface area contributed by atoms with Crippen LogP contribution in [0.3, 0.4) is 0 Å². The van der Waals surface area contributed by atoms with Crippen LogP contribution in [0.5, 0.6) is 0 Å². The van der Waals surface area contributed by atoms with E-state index in [1.807, 2.05) is 36.5 Å². The summed E-state index contributed by atoms with van der Waals surface area (Å²) in [6, 6.07) is 0. The molecule has 0 aromatic carbocycles. The highest BCUT2D eigenvalue weighted by Gasteiger charge is 2.15. The van der Waals surface area contributed by atoms with E-state index in [1.54, 1.807) is 44.4 Å². The molecule has 0 radical (unpaired) electrons. The van der Waals surface area contributed by atoms with Crippen LogP contribution >= 0.6 is 0 Å². The van der Waals surface area contributed by atoms with E-state index >= 15 is 0 Å². The van der Waals surface area contributed by atoms with Gasteiger partial charge in [-0.2, -0.15) is 0 Å². The lowest BCUT2D eigenvalue weighted by Gasteiger charge is -2.18. The van der Waals surface area contributed by atoms with Crippen LogP contribution in [0.1, 0.15) is 39.0 Å². The van der Waals surface area contributed by atoms with Crippen molar-refractivity contribution >= 4 is 5.97 Å². The molecule has 0 aliphatic carbocycles. The van der Waals surface area contributed by atoms with E-state index in [1.165, 1.54) is 6.08 Å². The second-order valence-electron chi connectivity index (χ2n) is 7.54. The number of carbonyl (C=O) groups excluding carboxylic acids is 1. The number of cyclic esters (lactones) is 1. The molecule has 5 atom stereocenters. The fraction of sp³-hybridized carbons (Fsp3) is 0.480. The molecular weight excluding hydrogens is 396 g/mol. The van der Waals surface area contributed by atoms with E-state index in [-0.39, 0.29) is 12.5 Å². The van der Waals surface area contributed by atoms with Crippen molar-refractivity contribution < 1.29 is 29.6 Å². The lowest BCUT2D eigenvalue weighted by molar-refractivity contribution is -0.144. The third kappa shape index (κ3) is 14.4. The number of rotatable bonds is 3. The van der Waals surface area contributed by atoms with Crippen molar-refractivity contribution in [1.82, 2.24) is 0 Å². The van der Waals surface area contributed by atoms with E-state index < -0.39 is 30.4 Å². The molecule has 0 saturated heterocycles. The summed E-state index contributed by atoms with van der Waals surface area (Å²) >= 11 is 0. The molecule has 0 spiro atoms. The van der Waals surface area contributed by atoms with Crippen molar-refractivity contribution in [1.29, 1.82) is 0 Å². The highest BCUT2D eigenvalue weighted by Crippen LogP contribution is 2.12. The summed E-state index contributed by atoms with van der Waals surface area (Å²) in [6.07, 6.45) is 20.3. The number of aliphatic hydroxyl groups excluding tert-OH is 3. The van der Waals surface area contributed by atoms with Crippen LogP contribution in [-0.2, 0) is 14.3 Å². The van der Waals surface area contributed by atoms with Crippen molar-refractivity contribution in [3.8, 4) is 0 Å². The predicted octanol–water partition coefficient (Wildman–Crippen LogP) is 3.32. The average molecular weight is 433 g/mol. The van der Waals surface area contributed by atoms with Gasteiger partial charge in [0.15, 0.2) is 0 Å². The van der Waals surface area contributed by atoms with Gasteiger partial charge in [-0.05, 0) is 19.8 Å². The van der Waals surface area contributed by atoms with Gasteiger partial charge in [-0.15, -0.1) is 0 Å². The smallest absolute Gasteiger partial charge is 0.331 e. The van der Waals surface area contributed by atoms with Crippen LogP contribution in [0.4, 0.5) is 0 Å². The molecule has 0 aromatic heterocycles. The summed E-state index contributed by atoms with van der Waals surface area (Å²) in [4.78, 5) is 12.0. The van der Waals surface area contributed by atoms with E-state index in [4.69, 9.17) is 9.47 Å². The average Bonchev–Trinajstić information content (AvgIpc) is 2.70. The maximum Gasteiger partial charge on any atom is 0.331 e. The Labute approximate surface area is 185 Å². The molecule has 3 N–H and O–H groups in total. The van der Waals surface area contributed by atoms with Gasteiger partial charge in [0.05, 0.1) is 24.4 Å². The van der Waals surface area contributed by atoms with Crippen LogP contribution < -0.4 is 0 Å². The zero-order valence-corrected chi connectivity index (χ0v) is 18.4. The first-order valence-corrected chi connectivity index (χ1v) is 10.7. The molecule has 0 fully saturated rings. The molecule has 6 heteroatoms. The number of allylic oxidation sites excluding steroid dienone is 8. The molecule has 6 nitrogen and oxygen atoms in total. The Balaban J connectivity index is 2.87. The maximum atomic E-state index is 12.0. The standard InChI is InChI=1S/C25H36O6/c1-20(26)17-24-15-11-7-4-6-10-14-23(30-2)19-22(28)18-21(27)13-9-5-3-8-12-16-25(29)31-24/h3-12,14,16,20-24,26-28H,13,15,17-19H2,1-2H3/b6-4+,8-3+,9-5+,11-7+,14-10+,16-12+/t20-,21-,22+,23-,24-/m0/s1. The van der Waals surface area contributed by atoms with Crippen LogP contribution in [0.25, 0.3) is 0 Å². The summed E-state index contributed by atoms with van der Waals surface area (Å²) < 4.78 is 10.8. The number of methoxy groups -OCH3 is 1. The van der Waals surface area contributed by atoms with E-state index in [9.17, 15) is 20.1 Å². The second kappa shape index (κ2) is 16.4. The monoisotopic (exact) mass is 432 g/mol. The molecule has 0 bridgehead atoms. The zero-order chi connectivity index (χ0) is 22.9. The Morgan fingerprint density at radius 3 is 2.29 bits per heavy atom. The number of carbonyl (C=O) groups is 1. The maximum absolute atomic E-state index is 12.0. The second-order valence-corrected chi connectivity index (χ2v) is 7.54. The van der Waals surface area contributed by atoms with Crippen molar-refractivity contribution in [2.75, 3.05) is 7.11 Å². The van der Waals surface area contributed by atoms with Gasteiger partial charge in [-0.3, -0.25) is 0 Å². The lowest BCUT2D eigenvalue weighted by Crippen LogP contribution is -2.22. The van der Waals surface area contributed by atoms with Crippen molar-refractivity contribution in [2.24, 2.45) is 0 Å². The zero-order valence-electron chi connectivity index (χ0n) is 18.4. The normalized spacial score (nSPS) is 34.2. The van der Waals surface area contributed by atoms with Crippen LogP contribution in [0.15, 0.2) is 72.9 Å². The van der Waals surface area contributed by atoms with Crippen molar-refractivity contribution in [3.05, 3.63) is 72.9 Å². The molecule has 0 amide bonds. The highest BCUT2D eigenvalue weighted by molar-refractivity contribution is 5.82. The van der Waals surface area contributed by atoms with E-state index in [2.05, 4.69) is 0 Å². The minimum absolute atomic E-state index is 0.256. The van der Waals surface area contributed by atoms with E-state index in [0.29, 0.717) is 25.7 Å². The fourth-order valence-corrected chi connectivity index (χ4v) is 3.01. The molecule has 1 heterocycles. The third-order valence-electron chi connectivity index (χ3n) is 4.54. The Kier molecular flexibility index (Phi) is 14.2. The molecule has 172 valence electrons. The van der Waals surface area contributed by atoms with Gasteiger partial charge < -0.3 is 24.8 Å². The molecule has 0 unspecified atom stereocenters. The van der Waals surface area contributed by atoms with Gasteiger partial charge in [-0.1, -0.05) is 66.8 Å². The van der Waals surface area contributed by atoms with Gasteiger partial charge in [0.2, 0.25) is 0 Å². The minimum atomic E-state index is -0.671. The summed E-state index contributed by atoms with van der Waals surface area (Å²) in [5, 5.41) is 29.9. The predicted molar refractivity (Wildman–Crippen MR) is 122 cm³/mol. The Hall–Kier alpha value is -2.25. The van der Waals surface area contributed by atoms with Crippen LogP contribution in [0.2, 0.25) is 0 Å². The first-order chi connectivity index (χ1) is 14.9. The fourth-order valence-electron chi connectivity index (χ4n) is 3.01. The van der Waals surface area contributed by atoms with Crippen molar-refractivity contribution in [3.63, 3.8) is 0 Å². The van der Waals surface area contributed by atoms with Crippen LogP contribution in [0, 0.1) is 0 Å². The third-order valence-corrected chi connectivity index (χ3v) is 4.54. The molecule has 31 heavy (non-hydrogen) atoms. The largest absolute Gasteiger partial charge is 0.459 e. The van der Waals surface area contributed by atoms with Crippen molar-refractivity contribution in [2.45, 2.75) is 69.5 Å². The summed E-state index contributed by atoms with van der Waals surface area (Å²) in [5.41, 5.74) is 0. The molecule has 0 saturated carbocycles. The highest BCUT2D eigenvalue weighted by atomic mass is 16.5. The number of hydrogen-bond acceptors (Lipinski definition) is 6. The SMILES string of the molecule is CO[C@H]1/C=C/C=C/C=C/C[C@@H](C[C@H](C)O)OC(=O)/C=C/C=C/C=C/C[C@H](O)C[C@@H](O)C1. The topological polar surface area (TPSA) is 96.2 Å². The van der Waals surface area contributed by atoms with Gasteiger partial charge >= 0.3 is 5.97 Å². The Bertz CT molecular complexity index is 671. The molecule has 1 aliphatic rings. The Morgan fingerprint density at radius 2 is 1.61 bits per heavy atom. The quantitative estimate of drug-likeness (QED) is 0.592. The number of hydrogen-bond donors (Lipinski definition) is 3. The first-order valence-electron chi connectivity index (χ1n) is 10.7. The van der Waals surface area contributed by atoms with Gasteiger partial charge in [0, 0.05) is 32.4 Å². The Morgan fingerprint density at radius 1 is 0.968 bits per heavy atom. The van der Waals surface area contributed by atoms with Gasteiger partial charge in [-0.25, -0.2) is 4.79 Å². The number of ether oxygens (including phenoxy) is 2. The first kappa shape index (κ1) is 26.8. The molecule has 1 rings (SSSR count).